The van der Waals surface area contributed by atoms with Gasteiger partial charge < -0.3 is 19.8 Å². The number of carbonyl (C=O) groups is 1. The van der Waals surface area contributed by atoms with Crippen LogP contribution in [0.5, 0.6) is 0 Å². The van der Waals surface area contributed by atoms with E-state index in [9.17, 15) is 18.3 Å². The van der Waals surface area contributed by atoms with Gasteiger partial charge >= 0.3 is 16.3 Å². The summed E-state index contributed by atoms with van der Waals surface area (Å²) in [5, 5.41) is 16.0. The number of fused-ring (bicyclic) bond motifs is 2. The molecular formula is C20H24BrN7O5S. The van der Waals surface area contributed by atoms with Crippen LogP contribution < -0.4 is 10.2 Å². The number of carboxylic acid groups (broad SMARTS) is 1. The minimum atomic E-state index is -3.78. The van der Waals surface area contributed by atoms with E-state index in [-0.39, 0.29) is 24.0 Å². The lowest BCUT2D eigenvalue weighted by molar-refractivity contribution is 0.192. The Morgan fingerprint density at radius 1 is 1.41 bits per heavy atom. The van der Waals surface area contributed by atoms with Gasteiger partial charge in [-0.05, 0) is 41.1 Å². The molecule has 3 aromatic rings. The van der Waals surface area contributed by atoms with Gasteiger partial charge in [0.25, 0.3) is 0 Å². The molecule has 1 amide bonds. The Morgan fingerprint density at radius 2 is 2.18 bits per heavy atom. The summed E-state index contributed by atoms with van der Waals surface area (Å²) in [7, 11) is -0.866. The number of anilines is 1. The minimum absolute atomic E-state index is 0.138. The van der Waals surface area contributed by atoms with Crippen LogP contribution in [-0.2, 0) is 15.6 Å². The Hall–Kier alpha value is -2.71. The van der Waals surface area contributed by atoms with E-state index < -0.39 is 21.7 Å². The highest BCUT2D eigenvalue weighted by atomic mass is 79.9. The first kappa shape index (κ1) is 23.1. The molecule has 12 nitrogen and oxygen atoms in total. The number of nitrogens with one attached hydrogen (secondary N) is 1. The highest BCUT2D eigenvalue weighted by molar-refractivity contribution is 9.10. The van der Waals surface area contributed by atoms with E-state index in [1.807, 2.05) is 13.0 Å². The number of aromatic nitrogens is 4. The molecule has 1 saturated heterocycles. The normalized spacial score (nSPS) is 24.4. The van der Waals surface area contributed by atoms with E-state index in [0.717, 1.165) is 20.4 Å². The summed E-state index contributed by atoms with van der Waals surface area (Å²) in [6.07, 6.45) is 2.81. The first-order valence-electron chi connectivity index (χ1n) is 10.7. The van der Waals surface area contributed by atoms with Crippen LogP contribution >= 0.6 is 15.9 Å². The van der Waals surface area contributed by atoms with Crippen LogP contribution in [0.3, 0.4) is 0 Å². The topological polar surface area (TPSA) is 147 Å². The smallest absolute Gasteiger partial charge is 0.404 e. The van der Waals surface area contributed by atoms with Crippen LogP contribution in [0.25, 0.3) is 11.2 Å². The summed E-state index contributed by atoms with van der Waals surface area (Å²) in [5.74, 6) is 1.63. The van der Waals surface area contributed by atoms with E-state index >= 15 is 0 Å². The number of aryl methyl sites for hydroxylation is 1. The van der Waals surface area contributed by atoms with Gasteiger partial charge in [-0.15, -0.1) is 0 Å². The van der Waals surface area contributed by atoms with Crippen molar-refractivity contribution < 1.29 is 22.8 Å². The molecule has 3 aromatic heterocycles. The second-order valence-electron chi connectivity index (χ2n) is 8.93. The maximum atomic E-state index is 12.8. The molecule has 182 valence electrons. The van der Waals surface area contributed by atoms with Gasteiger partial charge in [0, 0.05) is 51.4 Å². The molecule has 14 heteroatoms. The average molecular weight is 554 g/mol. The minimum Gasteiger partial charge on any atom is -0.465 e. The number of nitrogens with zero attached hydrogens (tertiary/aromatic N) is 6. The number of halogens is 1. The van der Waals surface area contributed by atoms with Crippen LogP contribution in [0.1, 0.15) is 17.9 Å². The van der Waals surface area contributed by atoms with Crippen molar-refractivity contribution in [2.45, 2.75) is 18.8 Å². The average Bonchev–Trinajstić information content (AvgIpc) is 3.02. The Balaban J connectivity index is 1.48. The quantitative estimate of drug-likeness (QED) is 0.466. The molecule has 0 bridgehead atoms. The second kappa shape index (κ2) is 7.92. The molecule has 3 atom stereocenters. The zero-order chi connectivity index (χ0) is 24.4. The molecule has 1 saturated carbocycles. The number of amides is 1. The first-order valence-corrected chi connectivity index (χ1v) is 12.9. The fourth-order valence-electron chi connectivity index (χ4n) is 5.15. The number of hydrogen-bond acceptors (Lipinski definition) is 8. The highest BCUT2D eigenvalue weighted by Gasteiger charge is 2.68. The summed E-state index contributed by atoms with van der Waals surface area (Å²) in [4.78, 5) is 22.5. The number of rotatable bonds is 6. The Bertz CT molecular complexity index is 1390. The molecule has 2 aliphatic rings. The SMILES string of the molecule is Cc1cc([C@@]2(CNC(=O)O)[C@@H]3CCN(c4cnc5c(Br)cn(S(=O)(=O)N(C)C)c5n4)C[C@@H]32)no1. The van der Waals surface area contributed by atoms with Gasteiger partial charge in [0.2, 0.25) is 0 Å². The van der Waals surface area contributed by atoms with E-state index in [0.29, 0.717) is 34.7 Å². The predicted octanol–water partition coefficient (Wildman–Crippen LogP) is 1.81. The van der Waals surface area contributed by atoms with Crippen molar-refractivity contribution in [1.29, 1.82) is 0 Å². The third-order valence-corrected chi connectivity index (χ3v) is 9.18. The zero-order valence-corrected chi connectivity index (χ0v) is 21.2. The molecule has 2 fully saturated rings. The molecule has 0 spiro atoms. The van der Waals surface area contributed by atoms with Gasteiger partial charge in [0.05, 0.1) is 16.4 Å². The van der Waals surface area contributed by atoms with Gasteiger partial charge in [0.1, 0.15) is 17.1 Å². The van der Waals surface area contributed by atoms with Crippen molar-refractivity contribution >= 4 is 49.2 Å². The van der Waals surface area contributed by atoms with Crippen molar-refractivity contribution in [2.24, 2.45) is 11.8 Å². The molecule has 0 radical (unpaired) electrons. The molecule has 34 heavy (non-hydrogen) atoms. The third kappa shape index (κ3) is 3.46. The van der Waals surface area contributed by atoms with Gasteiger partial charge in [0.15, 0.2) is 5.65 Å². The molecule has 1 aliphatic carbocycles. The van der Waals surface area contributed by atoms with Crippen LogP contribution in [0.2, 0.25) is 0 Å². The van der Waals surface area contributed by atoms with Crippen LogP contribution in [-0.4, -0.2) is 76.7 Å². The Morgan fingerprint density at radius 3 is 2.82 bits per heavy atom. The molecular weight excluding hydrogens is 530 g/mol. The van der Waals surface area contributed by atoms with Gasteiger partial charge in [-0.2, -0.15) is 12.7 Å². The first-order chi connectivity index (χ1) is 16.1. The molecule has 5 rings (SSSR count). The molecule has 2 N–H and O–H groups in total. The molecule has 0 unspecified atom stereocenters. The fourth-order valence-corrected chi connectivity index (χ4v) is 6.70. The summed E-state index contributed by atoms with van der Waals surface area (Å²) < 4.78 is 33.7. The van der Waals surface area contributed by atoms with Crippen molar-refractivity contribution in [2.75, 3.05) is 38.6 Å². The van der Waals surface area contributed by atoms with E-state index in [4.69, 9.17) is 4.52 Å². The van der Waals surface area contributed by atoms with Gasteiger partial charge in [-0.1, -0.05) is 5.16 Å². The van der Waals surface area contributed by atoms with Crippen molar-refractivity contribution in [3.8, 4) is 0 Å². The number of hydrogen-bond donors (Lipinski definition) is 2. The summed E-state index contributed by atoms with van der Waals surface area (Å²) in [6, 6.07) is 1.87. The van der Waals surface area contributed by atoms with Gasteiger partial charge in [-0.25, -0.2) is 18.7 Å². The second-order valence-corrected chi connectivity index (χ2v) is 11.8. The maximum absolute atomic E-state index is 12.8. The highest BCUT2D eigenvalue weighted by Crippen LogP contribution is 2.63. The van der Waals surface area contributed by atoms with Crippen molar-refractivity contribution in [1.82, 2.24) is 28.7 Å². The molecule has 1 aliphatic heterocycles. The van der Waals surface area contributed by atoms with E-state index in [2.05, 4.69) is 41.3 Å². The largest absolute Gasteiger partial charge is 0.465 e. The lowest BCUT2D eigenvalue weighted by atomic mass is 9.96. The lowest BCUT2D eigenvalue weighted by Gasteiger charge is -2.27. The predicted molar refractivity (Wildman–Crippen MR) is 126 cm³/mol. The standard InChI is InChI=1S/C20H24BrN7O5S/c1-11-6-15(25-33-11)20(10-23-19(29)30)12-4-5-27(8-13(12)20)16-7-22-17-14(21)9-28(18(17)24-16)34(31,32)26(2)3/h6-7,9,12-13,23H,4-5,8,10H2,1-3H3,(H,29,30)/t12-,13+,20+/m1/s1. The zero-order valence-electron chi connectivity index (χ0n) is 18.8. The van der Waals surface area contributed by atoms with E-state index in [1.54, 1.807) is 6.20 Å². The summed E-state index contributed by atoms with van der Waals surface area (Å²) >= 11 is 3.38. The third-order valence-electron chi connectivity index (χ3n) is 6.90. The van der Waals surface area contributed by atoms with Gasteiger partial charge in [-0.3, -0.25) is 0 Å². The van der Waals surface area contributed by atoms with Crippen LogP contribution in [0.15, 0.2) is 27.5 Å². The maximum Gasteiger partial charge on any atom is 0.404 e. The molecule has 0 aromatic carbocycles. The van der Waals surface area contributed by atoms with Crippen LogP contribution in [0, 0.1) is 18.8 Å². The van der Waals surface area contributed by atoms with E-state index in [1.165, 1.54) is 20.3 Å². The molecule has 4 heterocycles. The Kier molecular flexibility index (Phi) is 5.37. The number of piperidine rings is 1. The summed E-state index contributed by atoms with van der Waals surface area (Å²) in [5.41, 5.74) is 1.00. The summed E-state index contributed by atoms with van der Waals surface area (Å²) in [6.45, 7) is 3.35. The monoisotopic (exact) mass is 553 g/mol. The van der Waals surface area contributed by atoms with Crippen molar-refractivity contribution in [3.63, 3.8) is 0 Å². The van der Waals surface area contributed by atoms with Crippen molar-refractivity contribution in [3.05, 3.63) is 34.4 Å². The Labute approximate surface area is 204 Å². The van der Waals surface area contributed by atoms with Crippen LogP contribution in [0.4, 0.5) is 10.6 Å². The fraction of sp³-hybridized carbons (Fsp3) is 0.500. The lowest BCUT2D eigenvalue weighted by Crippen LogP contribution is -2.35.